The molecule has 0 bridgehead atoms. The molecule has 1 heterocycles. The van der Waals surface area contributed by atoms with E-state index in [1.165, 1.54) is 0 Å². The van der Waals surface area contributed by atoms with E-state index in [0.29, 0.717) is 25.2 Å². The third-order valence-corrected chi connectivity index (χ3v) is 3.53. The van der Waals surface area contributed by atoms with Crippen LogP contribution in [-0.2, 0) is 11.2 Å². The van der Waals surface area contributed by atoms with Crippen LogP contribution in [0.25, 0.3) is 0 Å². The maximum absolute atomic E-state index is 10.5. The van der Waals surface area contributed by atoms with Crippen LogP contribution in [-0.4, -0.2) is 38.6 Å². The van der Waals surface area contributed by atoms with Gasteiger partial charge in [-0.05, 0) is 55.5 Å². The molecule has 0 amide bonds. The lowest BCUT2D eigenvalue weighted by Crippen LogP contribution is -2.04. The number of ether oxygens (including phenoxy) is 1. The van der Waals surface area contributed by atoms with Crippen molar-refractivity contribution in [2.24, 2.45) is 5.16 Å². The molecule has 3 N–H and O–H groups in total. The molecule has 7 nitrogen and oxygen atoms in total. The zero-order valence-corrected chi connectivity index (χ0v) is 13.3. The SMILES string of the molecule is O=C(O)CCC/C(=N/O)c1ccc(OCCCc2cnc[nH]2)cc1. The first kappa shape index (κ1) is 17.5. The van der Waals surface area contributed by atoms with Crippen LogP contribution in [0.15, 0.2) is 41.9 Å². The predicted molar refractivity (Wildman–Crippen MR) is 88.7 cm³/mol. The molecule has 0 radical (unpaired) electrons. The first-order valence-electron chi connectivity index (χ1n) is 7.82. The maximum atomic E-state index is 10.5. The van der Waals surface area contributed by atoms with Crippen molar-refractivity contribution >= 4 is 11.7 Å². The van der Waals surface area contributed by atoms with Crippen LogP contribution in [0.1, 0.15) is 36.9 Å². The van der Waals surface area contributed by atoms with Crippen molar-refractivity contribution in [3.8, 4) is 5.75 Å². The molecule has 0 aliphatic carbocycles. The van der Waals surface area contributed by atoms with E-state index in [0.717, 1.165) is 29.8 Å². The normalized spacial score (nSPS) is 11.4. The molecular weight excluding hydrogens is 310 g/mol. The fraction of sp³-hybridized carbons (Fsp3) is 0.353. The minimum atomic E-state index is -0.855. The van der Waals surface area contributed by atoms with Crippen molar-refractivity contribution in [3.05, 3.63) is 48.0 Å². The van der Waals surface area contributed by atoms with Crippen LogP contribution in [0.4, 0.5) is 0 Å². The van der Waals surface area contributed by atoms with Gasteiger partial charge in [0.05, 0.1) is 18.6 Å². The number of nitrogens with zero attached hydrogens (tertiary/aromatic N) is 2. The van der Waals surface area contributed by atoms with Crippen molar-refractivity contribution in [3.63, 3.8) is 0 Å². The first-order chi connectivity index (χ1) is 11.7. The van der Waals surface area contributed by atoms with Crippen molar-refractivity contribution in [1.29, 1.82) is 0 Å². The fourth-order valence-corrected chi connectivity index (χ4v) is 2.28. The van der Waals surface area contributed by atoms with Crippen LogP contribution in [0.3, 0.4) is 0 Å². The molecule has 0 saturated heterocycles. The molecule has 0 fully saturated rings. The lowest BCUT2D eigenvalue weighted by atomic mass is 10.0. The summed E-state index contributed by atoms with van der Waals surface area (Å²) in [6.07, 6.45) is 6.11. The number of rotatable bonds is 10. The number of aryl methyl sites for hydroxylation is 1. The molecule has 24 heavy (non-hydrogen) atoms. The molecule has 128 valence electrons. The van der Waals surface area contributed by atoms with Gasteiger partial charge < -0.3 is 20.0 Å². The number of oxime groups is 1. The van der Waals surface area contributed by atoms with E-state index in [9.17, 15) is 4.79 Å². The first-order valence-corrected chi connectivity index (χ1v) is 7.82. The van der Waals surface area contributed by atoms with E-state index in [2.05, 4.69) is 15.1 Å². The number of aromatic amines is 1. The number of hydrogen-bond acceptors (Lipinski definition) is 5. The van der Waals surface area contributed by atoms with E-state index in [1.807, 2.05) is 12.1 Å². The Kier molecular flexibility index (Phi) is 6.82. The average Bonchev–Trinajstić information content (AvgIpc) is 3.10. The van der Waals surface area contributed by atoms with Crippen LogP contribution in [0.2, 0.25) is 0 Å². The second kappa shape index (κ2) is 9.34. The van der Waals surface area contributed by atoms with Gasteiger partial charge in [-0.25, -0.2) is 4.98 Å². The van der Waals surface area contributed by atoms with Gasteiger partial charge in [0.1, 0.15) is 5.75 Å². The number of nitrogens with one attached hydrogen (secondary N) is 1. The minimum Gasteiger partial charge on any atom is -0.494 e. The topological polar surface area (TPSA) is 108 Å². The van der Waals surface area contributed by atoms with Gasteiger partial charge in [0.2, 0.25) is 0 Å². The number of imidazole rings is 1. The highest BCUT2D eigenvalue weighted by Gasteiger charge is 2.07. The largest absolute Gasteiger partial charge is 0.494 e. The van der Waals surface area contributed by atoms with Crippen molar-refractivity contribution in [2.75, 3.05) is 6.61 Å². The Bertz CT molecular complexity index is 651. The summed E-state index contributed by atoms with van der Waals surface area (Å²) in [5.74, 6) is -0.114. The Morgan fingerprint density at radius 2 is 2.00 bits per heavy atom. The summed E-state index contributed by atoms with van der Waals surface area (Å²) in [5.41, 5.74) is 2.31. The summed E-state index contributed by atoms with van der Waals surface area (Å²) in [6, 6.07) is 7.24. The number of carboxylic acids is 1. The van der Waals surface area contributed by atoms with E-state index in [1.54, 1.807) is 24.7 Å². The zero-order chi connectivity index (χ0) is 17.2. The Morgan fingerprint density at radius 3 is 2.62 bits per heavy atom. The van der Waals surface area contributed by atoms with Gasteiger partial charge in [0.25, 0.3) is 0 Å². The Labute approximate surface area is 140 Å². The van der Waals surface area contributed by atoms with Crippen LogP contribution < -0.4 is 4.74 Å². The number of aliphatic carboxylic acids is 1. The van der Waals surface area contributed by atoms with Crippen LogP contribution in [0.5, 0.6) is 5.75 Å². The molecule has 0 unspecified atom stereocenters. The van der Waals surface area contributed by atoms with Gasteiger partial charge >= 0.3 is 5.97 Å². The Morgan fingerprint density at radius 1 is 1.21 bits per heavy atom. The molecular formula is C17H21N3O4. The standard InChI is InChI=1S/C17H21N3O4/c21-17(22)5-1-4-16(20-23)13-6-8-15(9-7-13)24-10-2-3-14-11-18-12-19-14/h6-9,11-12,23H,1-5,10H2,(H,18,19)(H,21,22)/b20-16-. The molecule has 2 rings (SSSR count). The molecule has 0 spiro atoms. The summed E-state index contributed by atoms with van der Waals surface area (Å²) in [5, 5.41) is 21.0. The summed E-state index contributed by atoms with van der Waals surface area (Å²) >= 11 is 0. The summed E-state index contributed by atoms with van der Waals surface area (Å²) < 4.78 is 5.67. The molecule has 0 saturated carbocycles. The number of benzene rings is 1. The third-order valence-electron chi connectivity index (χ3n) is 3.53. The number of carbonyl (C=O) groups is 1. The quantitative estimate of drug-likeness (QED) is 0.268. The highest BCUT2D eigenvalue weighted by atomic mass is 16.5. The Balaban J connectivity index is 1.77. The molecule has 2 aromatic rings. The van der Waals surface area contributed by atoms with Crippen molar-refractivity contribution in [2.45, 2.75) is 32.1 Å². The third kappa shape index (κ3) is 5.75. The van der Waals surface area contributed by atoms with Crippen molar-refractivity contribution < 1.29 is 19.8 Å². The van der Waals surface area contributed by atoms with E-state index < -0.39 is 5.97 Å². The second-order valence-corrected chi connectivity index (χ2v) is 5.35. The molecule has 7 heteroatoms. The monoisotopic (exact) mass is 331 g/mol. The number of carboxylic acid groups (broad SMARTS) is 1. The van der Waals surface area contributed by atoms with Crippen molar-refractivity contribution in [1.82, 2.24) is 9.97 Å². The highest BCUT2D eigenvalue weighted by molar-refractivity contribution is 6.00. The van der Waals surface area contributed by atoms with E-state index in [4.69, 9.17) is 15.1 Å². The van der Waals surface area contributed by atoms with Gasteiger partial charge in [-0.3, -0.25) is 4.79 Å². The van der Waals surface area contributed by atoms with Gasteiger partial charge in [-0.2, -0.15) is 0 Å². The maximum Gasteiger partial charge on any atom is 0.303 e. The highest BCUT2D eigenvalue weighted by Crippen LogP contribution is 2.15. The Hall–Kier alpha value is -2.83. The van der Waals surface area contributed by atoms with E-state index in [-0.39, 0.29) is 6.42 Å². The summed E-state index contributed by atoms with van der Waals surface area (Å²) in [4.78, 5) is 17.5. The number of hydrogen-bond donors (Lipinski definition) is 3. The van der Waals surface area contributed by atoms with Crippen LogP contribution >= 0.6 is 0 Å². The molecule has 1 aromatic heterocycles. The van der Waals surface area contributed by atoms with E-state index >= 15 is 0 Å². The molecule has 0 aliphatic rings. The predicted octanol–water partition coefficient (Wildman–Crippen LogP) is 2.85. The number of aromatic nitrogens is 2. The minimum absolute atomic E-state index is 0.0521. The smallest absolute Gasteiger partial charge is 0.303 e. The van der Waals surface area contributed by atoms with Crippen LogP contribution in [0, 0.1) is 0 Å². The lowest BCUT2D eigenvalue weighted by Gasteiger charge is -2.08. The summed E-state index contributed by atoms with van der Waals surface area (Å²) in [6.45, 7) is 0.595. The van der Waals surface area contributed by atoms with Gasteiger partial charge in [-0.1, -0.05) is 5.16 Å². The molecule has 0 aliphatic heterocycles. The molecule has 0 atom stereocenters. The van der Waals surface area contributed by atoms with Gasteiger partial charge in [0.15, 0.2) is 0 Å². The molecule has 1 aromatic carbocycles. The summed E-state index contributed by atoms with van der Waals surface area (Å²) in [7, 11) is 0. The zero-order valence-electron chi connectivity index (χ0n) is 13.3. The number of H-pyrrole nitrogens is 1. The average molecular weight is 331 g/mol. The van der Waals surface area contributed by atoms with Gasteiger partial charge in [-0.15, -0.1) is 0 Å². The van der Waals surface area contributed by atoms with Gasteiger partial charge in [0, 0.05) is 18.3 Å². The fourth-order valence-electron chi connectivity index (χ4n) is 2.28. The lowest BCUT2D eigenvalue weighted by molar-refractivity contribution is -0.137. The second-order valence-electron chi connectivity index (χ2n) is 5.35.